The Balaban J connectivity index is 1.32. The van der Waals surface area contributed by atoms with Gasteiger partial charge in [0, 0.05) is 42.2 Å². The van der Waals surface area contributed by atoms with Crippen LogP contribution < -0.4 is 10.6 Å². The van der Waals surface area contributed by atoms with Gasteiger partial charge >= 0.3 is 0 Å². The second-order valence-corrected chi connectivity index (χ2v) is 8.08. The largest absolute Gasteiger partial charge is 0.451 e. The molecule has 27 heavy (non-hydrogen) atoms. The summed E-state index contributed by atoms with van der Waals surface area (Å²) in [7, 11) is 0. The van der Waals surface area contributed by atoms with E-state index in [-0.39, 0.29) is 17.9 Å². The van der Waals surface area contributed by atoms with Gasteiger partial charge in [-0.15, -0.1) is 0 Å². The van der Waals surface area contributed by atoms with Crippen LogP contribution in [0.4, 0.5) is 0 Å². The number of piperidine rings is 1. The van der Waals surface area contributed by atoms with Gasteiger partial charge in [0.1, 0.15) is 5.58 Å². The van der Waals surface area contributed by atoms with Gasteiger partial charge in [-0.1, -0.05) is 0 Å². The van der Waals surface area contributed by atoms with Crippen LogP contribution in [-0.4, -0.2) is 47.9 Å². The quantitative estimate of drug-likeness (QED) is 0.875. The summed E-state index contributed by atoms with van der Waals surface area (Å²) >= 11 is 0. The number of likely N-dealkylation sites (tertiary alicyclic amines) is 1. The third-order valence-corrected chi connectivity index (χ3v) is 6.25. The number of carbonyl (C=O) groups excluding carboxylic acids is 2. The van der Waals surface area contributed by atoms with Crippen molar-refractivity contribution in [3.05, 3.63) is 35.6 Å². The molecule has 0 radical (unpaired) electrons. The zero-order chi connectivity index (χ0) is 18.4. The number of fused-ring (bicyclic) bond motifs is 3. The van der Waals surface area contributed by atoms with Gasteiger partial charge in [-0.3, -0.25) is 9.59 Å². The van der Waals surface area contributed by atoms with Gasteiger partial charge in [0.05, 0.1) is 0 Å². The van der Waals surface area contributed by atoms with Crippen molar-refractivity contribution in [2.45, 2.75) is 56.7 Å². The number of amides is 2. The molecule has 0 spiro atoms. The minimum absolute atomic E-state index is 0.0510. The van der Waals surface area contributed by atoms with E-state index in [1.165, 1.54) is 12.8 Å². The lowest BCUT2D eigenvalue weighted by molar-refractivity contribution is 0.0694. The molecule has 3 fully saturated rings. The molecule has 0 saturated carbocycles. The van der Waals surface area contributed by atoms with Crippen molar-refractivity contribution in [2.75, 3.05) is 13.1 Å². The van der Waals surface area contributed by atoms with Crippen molar-refractivity contribution >= 4 is 22.8 Å². The summed E-state index contributed by atoms with van der Waals surface area (Å²) in [5, 5.41) is 7.50. The van der Waals surface area contributed by atoms with Gasteiger partial charge in [0.15, 0.2) is 5.76 Å². The number of hydrogen-bond donors (Lipinski definition) is 2. The average molecular weight is 367 g/mol. The molecule has 2 bridgehead atoms. The van der Waals surface area contributed by atoms with E-state index in [9.17, 15) is 9.59 Å². The molecule has 2 N–H and O–H groups in total. The fourth-order valence-electron chi connectivity index (χ4n) is 4.78. The average Bonchev–Trinajstić information content (AvgIpc) is 3.42. The van der Waals surface area contributed by atoms with Crippen LogP contribution in [0, 0.1) is 0 Å². The molecular weight excluding hydrogens is 342 g/mol. The van der Waals surface area contributed by atoms with E-state index in [0.717, 1.165) is 44.2 Å². The molecule has 0 unspecified atom stereocenters. The summed E-state index contributed by atoms with van der Waals surface area (Å²) in [6.07, 6.45) is 6.64. The Kier molecular flexibility index (Phi) is 4.16. The Morgan fingerprint density at radius 2 is 1.96 bits per heavy atom. The molecule has 5 rings (SSSR count). The second-order valence-electron chi connectivity index (χ2n) is 8.08. The topological polar surface area (TPSA) is 74.6 Å². The maximum atomic E-state index is 12.7. The summed E-state index contributed by atoms with van der Waals surface area (Å²) < 4.78 is 5.76. The molecule has 2 amide bonds. The number of rotatable bonds is 3. The van der Waals surface area contributed by atoms with Gasteiger partial charge in [-0.05, 0) is 62.8 Å². The lowest BCUT2D eigenvalue weighted by atomic mass is 9.95. The van der Waals surface area contributed by atoms with Crippen molar-refractivity contribution in [1.82, 2.24) is 15.5 Å². The summed E-state index contributed by atoms with van der Waals surface area (Å²) in [5.41, 5.74) is 1.26. The van der Waals surface area contributed by atoms with Gasteiger partial charge in [0.2, 0.25) is 0 Å². The number of furan rings is 1. The SMILES string of the molecule is O=C(N[C@@H]1C[C@H]2CC[C@@H]1N2)c1ccc2oc(C(=O)N3CCCCC3)cc2c1. The number of carbonyl (C=O) groups is 2. The molecule has 3 saturated heterocycles. The molecular formula is C21H25N3O3. The molecule has 6 heteroatoms. The zero-order valence-electron chi connectivity index (χ0n) is 15.4. The summed E-state index contributed by atoms with van der Waals surface area (Å²) in [6, 6.07) is 8.33. The number of hydrogen-bond acceptors (Lipinski definition) is 4. The normalized spacial score (nSPS) is 27.3. The number of benzene rings is 1. The van der Waals surface area contributed by atoms with Crippen LogP contribution in [0.1, 0.15) is 59.4 Å². The first-order valence-corrected chi connectivity index (χ1v) is 10.1. The first-order valence-electron chi connectivity index (χ1n) is 10.1. The molecule has 0 aliphatic carbocycles. The van der Waals surface area contributed by atoms with Gasteiger partial charge in [-0.25, -0.2) is 0 Å². The van der Waals surface area contributed by atoms with Crippen LogP contribution in [0.2, 0.25) is 0 Å². The van der Waals surface area contributed by atoms with E-state index >= 15 is 0 Å². The molecule has 3 aliphatic rings. The van der Waals surface area contributed by atoms with Crippen LogP contribution >= 0.6 is 0 Å². The number of nitrogens with one attached hydrogen (secondary N) is 2. The standard InChI is InChI=1S/C21H25N3O3/c25-20(23-17-12-15-5-6-16(17)22-15)13-4-7-18-14(10-13)11-19(27-18)21(26)24-8-2-1-3-9-24/h4,7,10-11,15-17,22H,1-3,5-6,8-9,12H2,(H,23,25)/t15-,16+,17-/m1/s1. The van der Waals surface area contributed by atoms with Crippen LogP contribution in [0.5, 0.6) is 0 Å². The summed E-state index contributed by atoms with van der Waals surface area (Å²) in [5.74, 6) is 0.257. The van der Waals surface area contributed by atoms with Gasteiger partial charge in [0.25, 0.3) is 11.8 Å². The molecule has 6 nitrogen and oxygen atoms in total. The zero-order valence-corrected chi connectivity index (χ0v) is 15.4. The summed E-state index contributed by atoms with van der Waals surface area (Å²) in [4.78, 5) is 27.2. The molecule has 3 atom stereocenters. The Morgan fingerprint density at radius 3 is 2.70 bits per heavy atom. The molecule has 2 aromatic rings. The Morgan fingerprint density at radius 1 is 1.11 bits per heavy atom. The first kappa shape index (κ1) is 16.8. The van der Waals surface area contributed by atoms with Crippen molar-refractivity contribution in [3.8, 4) is 0 Å². The Hall–Kier alpha value is -2.34. The fraction of sp³-hybridized carbons (Fsp3) is 0.524. The predicted octanol–water partition coefficient (Wildman–Crippen LogP) is 2.68. The highest BCUT2D eigenvalue weighted by atomic mass is 16.3. The molecule has 3 aliphatic heterocycles. The smallest absolute Gasteiger partial charge is 0.289 e. The van der Waals surface area contributed by atoms with E-state index < -0.39 is 0 Å². The fourth-order valence-corrected chi connectivity index (χ4v) is 4.78. The molecule has 4 heterocycles. The van der Waals surface area contributed by atoms with Crippen LogP contribution in [0.15, 0.2) is 28.7 Å². The molecule has 1 aromatic carbocycles. The van der Waals surface area contributed by atoms with E-state index in [2.05, 4.69) is 10.6 Å². The first-order chi connectivity index (χ1) is 13.2. The lowest BCUT2D eigenvalue weighted by Gasteiger charge is -2.25. The third-order valence-electron chi connectivity index (χ3n) is 6.25. The van der Waals surface area contributed by atoms with Crippen LogP contribution in [0.25, 0.3) is 11.0 Å². The minimum atomic E-state index is -0.0543. The summed E-state index contributed by atoms with van der Waals surface area (Å²) in [6.45, 7) is 1.59. The number of nitrogens with zero attached hydrogens (tertiary/aromatic N) is 1. The van der Waals surface area contributed by atoms with Gasteiger partial charge in [-0.2, -0.15) is 0 Å². The van der Waals surface area contributed by atoms with Crippen molar-refractivity contribution in [3.63, 3.8) is 0 Å². The second kappa shape index (κ2) is 6.68. The van der Waals surface area contributed by atoms with E-state index in [0.29, 0.717) is 29.0 Å². The van der Waals surface area contributed by atoms with E-state index in [4.69, 9.17) is 4.42 Å². The van der Waals surface area contributed by atoms with E-state index in [1.807, 2.05) is 11.0 Å². The highest BCUT2D eigenvalue weighted by molar-refractivity contribution is 6.00. The van der Waals surface area contributed by atoms with Crippen molar-refractivity contribution in [2.24, 2.45) is 0 Å². The minimum Gasteiger partial charge on any atom is -0.451 e. The lowest BCUT2D eigenvalue weighted by Crippen LogP contribution is -2.42. The Labute approximate surface area is 158 Å². The predicted molar refractivity (Wildman–Crippen MR) is 102 cm³/mol. The van der Waals surface area contributed by atoms with Crippen LogP contribution in [0.3, 0.4) is 0 Å². The van der Waals surface area contributed by atoms with Crippen molar-refractivity contribution in [1.29, 1.82) is 0 Å². The van der Waals surface area contributed by atoms with Crippen molar-refractivity contribution < 1.29 is 14.0 Å². The highest BCUT2D eigenvalue weighted by Crippen LogP contribution is 2.29. The maximum Gasteiger partial charge on any atom is 0.289 e. The Bertz CT molecular complexity index is 884. The monoisotopic (exact) mass is 367 g/mol. The molecule has 1 aromatic heterocycles. The van der Waals surface area contributed by atoms with E-state index in [1.54, 1.807) is 18.2 Å². The third kappa shape index (κ3) is 3.12. The maximum absolute atomic E-state index is 12.7. The van der Waals surface area contributed by atoms with Gasteiger partial charge < -0.3 is 20.0 Å². The highest BCUT2D eigenvalue weighted by Gasteiger charge is 2.39. The molecule has 142 valence electrons. The van der Waals surface area contributed by atoms with Crippen LogP contribution in [-0.2, 0) is 0 Å².